The van der Waals surface area contributed by atoms with E-state index in [1.165, 1.54) is 0 Å². The van der Waals surface area contributed by atoms with Gasteiger partial charge in [-0.2, -0.15) is 0 Å². The van der Waals surface area contributed by atoms with Crippen LogP contribution in [0.3, 0.4) is 0 Å². The first-order valence-corrected chi connectivity index (χ1v) is 7.50. The molecule has 0 radical (unpaired) electrons. The molecule has 132 valence electrons. The van der Waals surface area contributed by atoms with Crippen LogP contribution in [0.15, 0.2) is 29.3 Å². The van der Waals surface area contributed by atoms with Crippen molar-refractivity contribution in [3.8, 4) is 11.5 Å². The van der Waals surface area contributed by atoms with Crippen molar-refractivity contribution in [3.63, 3.8) is 0 Å². The number of methoxy groups -OCH3 is 2. The lowest BCUT2D eigenvalue weighted by Crippen LogP contribution is -2.38. The number of benzene rings is 1. The number of rotatable bonds is 10. The molecule has 0 bridgehead atoms. The Hall–Kier alpha value is -1.22. The number of hydrogen-bond acceptors (Lipinski definition) is 4. The largest absolute Gasteiger partial charge is 0.497 e. The third kappa shape index (κ3) is 10.2. The first-order valence-electron chi connectivity index (χ1n) is 7.50. The number of aliphatic imine (C=N–C) groups is 1. The molecule has 0 fully saturated rings. The molecule has 0 aliphatic heterocycles. The van der Waals surface area contributed by atoms with E-state index < -0.39 is 0 Å². The first kappa shape index (κ1) is 21.8. The highest BCUT2D eigenvalue weighted by Crippen LogP contribution is 2.16. The molecular weight excluding hydrogens is 409 g/mol. The summed E-state index contributed by atoms with van der Waals surface area (Å²) in [5.41, 5.74) is 0. The van der Waals surface area contributed by atoms with Gasteiger partial charge in [-0.05, 0) is 37.1 Å². The van der Waals surface area contributed by atoms with Gasteiger partial charge in [0.25, 0.3) is 0 Å². The van der Waals surface area contributed by atoms with Crippen molar-refractivity contribution in [1.82, 2.24) is 10.6 Å². The van der Waals surface area contributed by atoms with E-state index >= 15 is 0 Å². The fraction of sp³-hybridized carbons (Fsp3) is 0.562. The van der Waals surface area contributed by atoms with Gasteiger partial charge in [0.1, 0.15) is 11.5 Å². The molecule has 0 amide bonds. The lowest BCUT2D eigenvalue weighted by Gasteiger charge is -2.12. The monoisotopic (exact) mass is 437 g/mol. The Labute approximate surface area is 156 Å². The Bertz CT molecular complexity index is 427. The van der Waals surface area contributed by atoms with Crippen molar-refractivity contribution in [3.05, 3.63) is 24.3 Å². The molecule has 0 aromatic heterocycles. The summed E-state index contributed by atoms with van der Waals surface area (Å²) < 4.78 is 15.8. The van der Waals surface area contributed by atoms with Gasteiger partial charge in [0.05, 0.1) is 13.7 Å². The van der Waals surface area contributed by atoms with Crippen LogP contribution in [0.25, 0.3) is 0 Å². The van der Waals surface area contributed by atoms with Gasteiger partial charge in [0.15, 0.2) is 5.96 Å². The molecule has 0 unspecified atom stereocenters. The molecule has 0 aliphatic rings. The molecular formula is C16H28IN3O3. The summed E-state index contributed by atoms with van der Waals surface area (Å²) in [6, 6.07) is 7.59. The Morgan fingerprint density at radius 2 is 1.52 bits per heavy atom. The summed E-state index contributed by atoms with van der Waals surface area (Å²) in [6.07, 6.45) is 1.85. The summed E-state index contributed by atoms with van der Waals surface area (Å²) in [5, 5.41) is 6.48. The van der Waals surface area contributed by atoms with Gasteiger partial charge in [-0.1, -0.05) is 0 Å². The molecule has 1 aromatic rings. The van der Waals surface area contributed by atoms with Crippen LogP contribution in [0.2, 0.25) is 0 Å². The average Bonchev–Trinajstić information content (AvgIpc) is 2.57. The second-order valence-corrected chi connectivity index (χ2v) is 4.65. The van der Waals surface area contributed by atoms with Crippen LogP contribution in [0, 0.1) is 0 Å². The van der Waals surface area contributed by atoms with Gasteiger partial charge in [0.2, 0.25) is 0 Å². The molecule has 0 saturated carbocycles. The van der Waals surface area contributed by atoms with E-state index in [1.807, 2.05) is 24.3 Å². The lowest BCUT2D eigenvalue weighted by molar-refractivity contribution is 0.195. The smallest absolute Gasteiger partial charge is 0.190 e. The molecule has 7 heteroatoms. The maximum Gasteiger partial charge on any atom is 0.190 e. The quantitative estimate of drug-likeness (QED) is 0.255. The maximum atomic E-state index is 5.66. The third-order valence-corrected chi connectivity index (χ3v) is 2.98. The molecule has 0 heterocycles. The molecule has 0 aliphatic carbocycles. The van der Waals surface area contributed by atoms with Gasteiger partial charge in [0, 0.05) is 33.9 Å². The van der Waals surface area contributed by atoms with E-state index in [0.29, 0.717) is 6.61 Å². The first-order chi connectivity index (χ1) is 10.8. The van der Waals surface area contributed by atoms with Crippen molar-refractivity contribution in [2.75, 3.05) is 47.6 Å². The highest BCUT2D eigenvalue weighted by molar-refractivity contribution is 14.0. The predicted molar refractivity (Wildman–Crippen MR) is 104 cm³/mol. The summed E-state index contributed by atoms with van der Waals surface area (Å²) >= 11 is 0. The van der Waals surface area contributed by atoms with Crippen molar-refractivity contribution in [2.24, 2.45) is 4.99 Å². The zero-order valence-corrected chi connectivity index (χ0v) is 16.5. The highest BCUT2D eigenvalue weighted by Gasteiger charge is 1.98. The molecule has 0 atom stereocenters. The standard InChI is InChI=1S/C16H27N3O3.HI/c1-17-16(18-10-4-12-20-2)19-11-5-13-22-15-8-6-14(21-3)7-9-15;/h6-9H,4-5,10-13H2,1-3H3,(H2,17,18,19);1H. The van der Waals surface area contributed by atoms with Crippen LogP contribution >= 0.6 is 24.0 Å². The summed E-state index contributed by atoms with van der Waals surface area (Å²) in [4.78, 5) is 4.16. The Morgan fingerprint density at radius 3 is 2.04 bits per heavy atom. The normalized spacial score (nSPS) is 10.7. The number of nitrogens with one attached hydrogen (secondary N) is 2. The highest BCUT2D eigenvalue weighted by atomic mass is 127. The van der Waals surface area contributed by atoms with E-state index in [4.69, 9.17) is 14.2 Å². The Kier molecular flexibility index (Phi) is 13.6. The van der Waals surface area contributed by atoms with Crippen LogP contribution in [-0.4, -0.2) is 53.5 Å². The molecule has 0 spiro atoms. The van der Waals surface area contributed by atoms with Crippen LogP contribution in [0.5, 0.6) is 11.5 Å². The minimum absolute atomic E-state index is 0. The van der Waals surface area contributed by atoms with E-state index in [9.17, 15) is 0 Å². The van der Waals surface area contributed by atoms with Crippen molar-refractivity contribution < 1.29 is 14.2 Å². The van der Waals surface area contributed by atoms with Gasteiger partial charge in [-0.3, -0.25) is 4.99 Å². The number of halogens is 1. The van der Waals surface area contributed by atoms with Crippen LogP contribution in [0.4, 0.5) is 0 Å². The van der Waals surface area contributed by atoms with Crippen molar-refractivity contribution >= 4 is 29.9 Å². The minimum Gasteiger partial charge on any atom is -0.497 e. The third-order valence-electron chi connectivity index (χ3n) is 2.98. The van der Waals surface area contributed by atoms with Gasteiger partial charge in [-0.15, -0.1) is 24.0 Å². The van der Waals surface area contributed by atoms with E-state index in [-0.39, 0.29) is 24.0 Å². The number of hydrogen-bond donors (Lipinski definition) is 2. The molecule has 1 rings (SSSR count). The summed E-state index contributed by atoms with van der Waals surface area (Å²) in [5.74, 6) is 2.49. The van der Waals surface area contributed by atoms with Crippen molar-refractivity contribution in [1.29, 1.82) is 0 Å². The zero-order chi connectivity index (χ0) is 16.0. The van der Waals surface area contributed by atoms with E-state index in [1.54, 1.807) is 21.3 Å². The van der Waals surface area contributed by atoms with Crippen molar-refractivity contribution in [2.45, 2.75) is 12.8 Å². The van der Waals surface area contributed by atoms with E-state index in [2.05, 4.69) is 15.6 Å². The summed E-state index contributed by atoms with van der Waals surface area (Å²) in [6.45, 7) is 3.05. The Balaban J connectivity index is 0.00000484. The van der Waals surface area contributed by atoms with Gasteiger partial charge >= 0.3 is 0 Å². The predicted octanol–water partition coefficient (Wildman–Crippen LogP) is 2.28. The van der Waals surface area contributed by atoms with Crippen LogP contribution in [-0.2, 0) is 4.74 Å². The Morgan fingerprint density at radius 1 is 0.957 bits per heavy atom. The van der Waals surface area contributed by atoms with Crippen LogP contribution in [0.1, 0.15) is 12.8 Å². The maximum absolute atomic E-state index is 5.66. The lowest BCUT2D eigenvalue weighted by atomic mass is 10.3. The second-order valence-electron chi connectivity index (χ2n) is 4.65. The second kappa shape index (κ2) is 14.4. The number of nitrogens with zero attached hydrogens (tertiary/aromatic N) is 1. The molecule has 0 saturated heterocycles. The topological polar surface area (TPSA) is 64.1 Å². The minimum atomic E-state index is 0. The number of ether oxygens (including phenoxy) is 3. The zero-order valence-electron chi connectivity index (χ0n) is 14.1. The SMILES string of the molecule is CN=C(NCCCOC)NCCCOc1ccc(OC)cc1.I. The molecule has 2 N–H and O–H groups in total. The van der Waals surface area contributed by atoms with Gasteiger partial charge in [-0.25, -0.2) is 0 Å². The molecule has 23 heavy (non-hydrogen) atoms. The molecule has 1 aromatic carbocycles. The van der Waals surface area contributed by atoms with Gasteiger partial charge < -0.3 is 24.8 Å². The van der Waals surface area contributed by atoms with E-state index in [0.717, 1.165) is 50.0 Å². The average molecular weight is 437 g/mol. The fourth-order valence-corrected chi connectivity index (χ4v) is 1.78. The van der Waals surface area contributed by atoms with Crippen LogP contribution < -0.4 is 20.1 Å². The fourth-order valence-electron chi connectivity index (χ4n) is 1.78. The molecule has 6 nitrogen and oxygen atoms in total. The summed E-state index contributed by atoms with van der Waals surface area (Å²) in [7, 11) is 5.12. The number of guanidine groups is 1.